The molecule has 1 N–H and O–H groups in total. The summed E-state index contributed by atoms with van der Waals surface area (Å²) in [6.07, 6.45) is 3.27. The number of ketones is 1. The first-order valence-electron chi connectivity index (χ1n) is 6.75. The quantitative estimate of drug-likeness (QED) is 0.699. The van der Waals surface area contributed by atoms with E-state index in [2.05, 4.69) is 27.7 Å². The zero-order chi connectivity index (χ0) is 12.6. The van der Waals surface area contributed by atoms with Gasteiger partial charge in [0.1, 0.15) is 0 Å². The Morgan fingerprint density at radius 1 is 1.29 bits per heavy atom. The van der Waals surface area contributed by atoms with Crippen LogP contribution in [-0.2, 0) is 4.79 Å². The molecule has 2 saturated carbocycles. The molecule has 0 spiro atoms. The summed E-state index contributed by atoms with van der Waals surface area (Å²) in [5.41, 5.74) is 1.18. The molecule has 0 aromatic rings. The Balaban J connectivity index is 2.12. The van der Waals surface area contributed by atoms with Crippen molar-refractivity contribution in [2.75, 3.05) is 0 Å². The summed E-state index contributed by atoms with van der Waals surface area (Å²) < 4.78 is 0. The smallest absolute Gasteiger partial charge is 0.159 e. The van der Waals surface area contributed by atoms with E-state index in [0.29, 0.717) is 11.8 Å². The summed E-state index contributed by atoms with van der Waals surface area (Å²) in [5.74, 6) is 1.46. The second-order valence-corrected chi connectivity index (χ2v) is 7.06. The second-order valence-electron chi connectivity index (χ2n) is 7.06. The summed E-state index contributed by atoms with van der Waals surface area (Å²) in [6, 6.07) is 0. The van der Waals surface area contributed by atoms with Crippen LogP contribution < -0.4 is 0 Å². The number of aliphatic hydroxyl groups excluding tert-OH is 1. The minimum absolute atomic E-state index is 0.0414. The Morgan fingerprint density at radius 3 is 2.59 bits per heavy atom. The van der Waals surface area contributed by atoms with Gasteiger partial charge in [-0.3, -0.25) is 4.79 Å². The molecular formula is C15H22O2. The molecule has 0 aliphatic heterocycles. The predicted molar refractivity (Wildman–Crippen MR) is 66.4 cm³/mol. The molecule has 3 rings (SSSR count). The molecule has 17 heavy (non-hydrogen) atoms. The third kappa shape index (κ3) is 1.17. The van der Waals surface area contributed by atoms with Gasteiger partial charge in [0, 0.05) is 5.92 Å². The highest BCUT2D eigenvalue weighted by Gasteiger charge is 2.71. The van der Waals surface area contributed by atoms with Crippen molar-refractivity contribution in [2.45, 2.75) is 46.6 Å². The Bertz CT molecular complexity index is 421. The van der Waals surface area contributed by atoms with Crippen LogP contribution in [0.2, 0.25) is 0 Å². The summed E-state index contributed by atoms with van der Waals surface area (Å²) >= 11 is 0. The van der Waals surface area contributed by atoms with Gasteiger partial charge in [-0.25, -0.2) is 0 Å². The lowest BCUT2D eigenvalue weighted by molar-refractivity contribution is -0.118. The van der Waals surface area contributed by atoms with Crippen LogP contribution in [0.5, 0.6) is 0 Å². The highest BCUT2D eigenvalue weighted by Crippen LogP contribution is 2.73. The third-order valence-corrected chi connectivity index (χ3v) is 5.96. The van der Waals surface area contributed by atoms with Gasteiger partial charge in [-0.05, 0) is 47.2 Å². The molecule has 2 heteroatoms. The summed E-state index contributed by atoms with van der Waals surface area (Å²) in [7, 11) is 0. The van der Waals surface area contributed by atoms with E-state index in [0.717, 1.165) is 18.4 Å². The largest absolute Gasteiger partial charge is 0.389 e. The molecule has 0 unspecified atom stereocenters. The zero-order valence-electron chi connectivity index (χ0n) is 11.2. The number of hydrogen-bond donors (Lipinski definition) is 1. The van der Waals surface area contributed by atoms with Crippen molar-refractivity contribution in [3.63, 3.8) is 0 Å². The van der Waals surface area contributed by atoms with Crippen LogP contribution in [0.4, 0.5) is 0 Å². The average Bonchev–Trinajstić information content (AvgIpc) is 2.83. The minimum Gasteiger partial charge on any atom is -0.389 e. The molecule has 0 aromatic heterocycles. The van der Waals surface area contributed by atoms with E-state index < -0.39 is 6.10 Å². The fourth-order valence-electron chi connectivity index (χ4n) is 4.78. The Morgan fingerprint density at radius 2 is 1.94 bits per heavy atom. The molecule has 0 heterocycles. The van der Waals surface area contributed by atoms with Crippen LogP contribution in [-0.4, -0.2) is 17.0 Å². The van der Waals surface area contributed by atoms with Crippen LogP contribution in [0.3, 0.4) is 0 Å². The van der Waals surface area contributed by atoms with Crippen molar-refractivity contribution in [1.82, 2.24) is 0 Å². The van der Waals surface area contributed by atoms with Crippen LogP contribution in [0.15, 0.2) is 11.6 Å². The van der Waals surface area contributed by atoms with Crippen LogP contribution >= 0.6 is 0 Å². The van der Waals surface area contributed by atoms with Gasteiger partial charge in [-0.1, -0.05) is 27.7 Å². The van der Waals surface area contributed by atoms with Gasteiger partial charge in [-0.2, -0.15) is 0 Å². The van der Waals surface area contributed by atoms with Gasteiger partial charge in [0.25, 0.3) is 0 Å². The number of hydrogen-bond acceptors (Lipinski definition) is 2. The number of allylic oxidation sites excluding steroid dienone is 1. The predicted octanol–water partition coefficient (Wildman–Crippen LogP) is 2.56. The second kappa shape index (κ2) is 3.03. The van der Waals surface area contributed by atoms with Gasteiger partial charge in [0.2, 0.25) is 0 Å². The number of carbonyl (C=O) groups is 1. The molecule has 2 nitrogen and oxygen atoms in total. The molecule has 5 atom stereocenters. The Labute approximate surface area is 103 Å². The summed E-state index contributed by atoms with van der Waals surface area (Å²) in [6.45, 7) is 8.96. The molecule has 0 amide bonds. The topological polar surface area (TPSA) is 37.3 Å². The fourth-order valence-corrected chi connectivity index (χ4v) is 4.78. The molecule has 2 fully saturated rings. The lowest BCUT2D eigenvalue weighted by atomic mass is 9.58. The van der Waals surface area contributed by atoms with Crippen LogP contribution in [0, 0.1) is 28.6 Å². The lowest BCUT2D eigenvalue weighted by Crippen LogP contribution is -2.43. The first-order chi connectivity index (χ1) is 7.81. The first kappa shape index (κ1) is 11.5. The van der Waals surface area contributed by atoms with E-state index in [9.17, 15) is 9.90 Å². The van der Waals surface area contributed by atoms with Gasteiger partial charge in [0.15, 0.2) is 5.78 Å². The molecule has 0 saturated heterocycles. The van der Waals surface area contributed by atoms with E-state index in [4.69, 9.17) is 0 Å². The standard InChI is InChI=1S/C15H22O2/c1-8-5-6-10(16)9-7-11(17)12-13(14(12,2)3)15(8,9)4/h7-8,10,12-13,16H,5-6H2,1-4H3/t8-,10+,12-,13+,15+/m1/s1. The zero-order valence-corrected chi connectivity index (χ0v) is 11.2. The molecule has 3 aliphatic carbocycles. The highest BCUT2D eigenvalue weighted by atomic mass is 16.3. The maximum absolute atomic E-state index is 12.1. The molecule has 0 aromatic carbocycles. The van der Waals surface area contributed by atoms with Gasteiger partial charge >= 0.3 is 0 Å². The Kier molecular flexibility index (Phi) is 2.04. The minimum atomic E-state index is -0.391. The summed E-state index contributed by atoms with van der Waals surface area (Å²) in [4.78, 5) is 12.1. The highest BCUT2D eigenvalue weighted by molar-refractivity contribution is 5.97. The first-order valence-corrected chi connectivity index (χ1v) is 6.75. The number of aliphatic hydroxyl groups is 1. The molecular weight excluding hydrogens is 212 g/mol. The third-order valence-electron chi connectivity index (χ3n) is 5.96. The number of carbonyl (C=O) groups excluding carboxylic acids is 1. The normalized spacial score (nSPS) is 51.4. The van der Waals surface area contributed by atoms with E-state index in [1.165, 1.54) is 0 Å². The maximum Gasteiger partial charge on any atom is 0.159 e. The SMILES string of the molecule is C[C@@H]1CC[C@H](O)C2=CC(=O)[C@@H]3[C@@H](C3(C)C)[C@]21C. The molecule has 0 bridgehead atoms. The lowest BCUT2D eigenvalue weighted by Gasteiger charge is -2.47. The van der Waals surface area contributed by atoms with Crippen molar-refractivity contribution in [3.05, 3.63) is 11.6 Å². The van der Waals surface area contributed by atoms with Gasteiger partial charge < -0.3 is 5.11 Å². The van der Waals surface area contributed by atoms with Gasteiger partial charge in [0.05, 0.1) is 6.10 Å². The molecule has 3 aliphatic rings. The van der Waals surface area contributed by atoms with Crippen molar-refractivity contribution in [2.24, 2.45) is 28.6 Å². The Hall–Kier alpha value is -0.630. The van der Waals surface area contributed by atoms with Crippen molar-refractivity contribution < 1.29 is 9.90 Å². The van der Waals surface area contributed by atoms with Crippen LogP contribution in [0.25, 0.3) is 0 Å². The maximum atomic E-state index is 12.1. The van der Waals surface area contributed by atoms with Crippen molar-refractivity contribution in [3.8, 4) is 0 Å². The van der Waals surface area contributed by atoms with E-state index in [1.807, 2.05) is 0 Å². The molecule has 0 radical (unpaired) electrons. The van der Waals surface area contributed by atoms with Gasteiger partial charge in [-0.15, -0.1) is 0 Å². The van der Waals surface area contributed by atoms with Crippen molar-refractivity contribution in [1.29, 1.82) is 0 Å². The van der Waals surface area contributed by atoms with E-state index in [1.54, 1.807) is 6.08 Å². The van der Waals surface area contributed by atoms with Crippen LogP contribution in [0.1, 0.15) is 40.5 Å². The van der Waals surface area contributed by atoms with E-state index >= 15 is 0 Å². The van der Waals surface area contributed by atoms with Crippen molar-refractivity contribution >= 4 is 5.78 Å². The summed E-state index contributed by atoms with van der Waals surface area (Å²) in [5, 5.41) is 10.2. The average molecular weight is 234 g/mol. The molecule has 94 valence electrons. The number of fused-ring (bicyclic) bond motifs is 3. The van der Waals surface area contributed by atoms with E-state index in [-0.39, 0.29) is 22.5 Å². The monoisotopic (exact) mass is 234 g/mol. The number of rotatable bonds is 0. The fraction of sp³-hybridized carbons (Fsp3) is 0.800.